The van der Waals surface area contributed by atoms with Gasteiger partial charge in [-0.05, 0) is 25.7 Å². The minimum absolute atomic E-state index is 0.361. The van der Waals surface area contributed by atoms with Crippen molar-refractivity contribution in [3.8, 4) is 0 Å². The molecule has 0 fully saturated rings. The molecule has 0 aromatic heterocycles. The summed E-state index contributed by atoms with van der Waals surface area (Å²) in [4.78, 5) is 0. The van der Waals surface area contributed by atoms with Crippen molar-refractivity contribution < 1.29 is 9.47 Å². The predicted octanol–water partition coefficient (Wildman–Crippen LogP) is 3.71. The van der Waals surface area contributed by atoms with Crippen LogP contribution < -0.4 is 10.6 Å². The van der Waals surface area contributed by atoms with Crippen molar-refractivity contribution in [2.45, 2.75) is 64.5 Å². The molecule has 0 aliphatic carbocycles. The number of hydrogen-bond acceptors (Lipinski definition) is 4. The fourth-order valence-electron chi connectivity index (χ4n) is 2.35. The first-order chi connectivity index (χ1) is 11.2. The molecular formula is C18H39N2O2Si. The summed E-state index contributed by atoms with van der Waals surface area (Å²) in [7, 11) is 3.19. The molecule has 23 heavy (non-hydrogen) atoms. The Morgan fingerprint density at radius 2 is 1.17 bits per heavy atom. The van der Waals surface area contributed by atoms with Gasteiger partial charge >= 0.3 is 0 Å². The Morgan fingerprint density at radius 3 is 1.57 bits per heavy atom. The van der Waals surface area contributed by atoms with E-state index in [4.69, 9.17) is 9.47 Å². The zero-order chi connectivity index (χ0) is 17.2. The van der Waals surface area contributed by atoms with Crippen molar-refractivity contribution in [2.75, 3.05) is 40.5 Å². The first-order valence-corrected chi connectivity index (χ1v) is 11.8. The third-order valence-corrected chi connectivity index (χ3v) is 4.48. The van der Waals surface area contributed by atoms with Gasteiger partial charge in [-0.25, -0.2) is 0 Å². The van der Waals surface area contributed by atoms with Gasteiger partial charge in [0.1, 0.15) is 0 Å². The van der Waals surface area contributed by atoms with Gasteiger partial charge in [0, 0.05) is 40.5 Å². The lowest BCUT2D eigenvalue weighted by Crippen LogP contribution is -2.29. The lowest BCUT2D eigenvalue weighted by atomic mass is 10.2. The first kappa shape index (κ1) is 22.5. The largest absolute Gasteiger partial charge is 0.385 e. The molecule has 5 heteroatoms. The van der Waals surface area contributed by atoms with Crippen molar-refractivity contribution in [2.24, 2.45) is 0 Å². The van der Waals surface area contributed by atoms with Crippen molar-refractivity contribution >= 4 is 8.80 Å². The number of hydrogen-bond donors (Lipinski definition) is 2. The Hall–Kier alpha value is -0.523. The maximum Gasteiger partial charge on any atom is 0.0903 e. The van der Waals surface area contributed by atoms with Crippen LogP contribution in [0.25, 0.3) is 0 Å². The Bertz CT molecular complexity index is 254. The molecule has 0 aliphatic heterocycles. The topological polar surface area (TPSA) is 42.5 Å². The van der Waals surface area contributed by atoms with E-state index < -0.39 is 0 Å². The molecule has 0 aromatic rings. The van der Waals surface area contributed by atoms with Gasteiger partial charge < -0.3 is 20.1 Å². The molecule has 0 unspecified atom stereocenters. The van der Waals surface area contributed by atoms with E-state index in [0.29, 0.717) is 0 Å². The highest BCUT2D eigenvalue weighted by atomic mass is 28.3. The molecule has 0 saturated carbocycles. The van der Waals surface area contributed by atoms with Crippen LogP contribution in [0.4, 0.5) is 0 Å². The second-order valence-corrected chi connectivity index (χ2v) is 8.75. The summed E-state index contributed by atoms with van der Waals surface area (Å²) in [6, 6.07) is 0. The van der Waals surface area contributed by atoms with Gasteiger partial charge in [-0.1, -0.05) is 44.5 Å². The van der Waals surface area contributed by atoms with E-state index in [0.717, 1.165) is 26.3 Å². The summed E-state index contributed by atoms with van der Waals surface area (Å²) >= 11 is 0. The molecule has 0 heterocycles. The van der Waals surface area contributed by atoms with Gasteiger partial charge in [-0.3, -0.25) is 0 Å². The van der Waals surface area contributed by atoms with Gasteiger partial charge in [0.2, 0.25) is 0 Å². The van der Waals surface area contributed by atoms with Crippen LogP contribution in [-0.2, 0) is 9.47 Å². The van der Waals surface area contributed by atoms with Crippen molar-refractivity contribution in [3.05, 3.63) is 11.5 Å². The van der Waals surface area contributed by atoms with Crippen LogP contribution in [0.3, 0.4) is 0 Å². The lowest BCUT2D eigenvalue weighted by molar-refractivity contribution is 0.192. The zero-order valence-electron chi connectivity index (χ0n) is 15.9. The highest BCUT2D eigenvalue weighted by molar-refractivity contribution is 6.61. The summed E-state index contributed by atoms with van der Waals surface area (Å²) in [5, 5.41) is 7.15. The molecule has 0 aromatic carbocycles. The van der Waals surface area contributed by atoms with Crippen LogP contribution in [0.1, 0.15) is 51.4 Å². The molecule has 1 radical (unpaired) electrons. The number of ether oxygens (including phenoxy) is 2. The van der Waals surface area contributed by atoms with Crippen molar-refractivity contribution in [3.63, 3.8) is 0 Å². The SMILES string of the molecule is COCCCCCCNC(=C[Si](C)C)NCCCCCCOC. The molecule has 0 aliphatic rings. The minimum Gasteiger partial charge on any atom is -0.385 e. The Balaban J connectivity index is 3.69. The van der Waals surface area contributed by atoms with Crippen molar-refractivity contribution in [1.82, 2.24) is 10.6 Å². The van der Waals surface area contributed by atoms with E-state index in [1.807, 2.05) is 0 Å². The van der Waals surface area contributed by atoms with Crippen LogP contribution in [0.2, 0.25) is 13.1 Å². The van der Waals surface area contributed by atoms with Crippen LogP contribution in [0, 0.1) is 0 Å². The maximum absolute atomic E-state index is 5.08. The molecule has 0 rings (SSSR count). The molecule has 0 atom stereocenters. The second kappa shape index (κ2) is 17.8. The number of unbranched alkanes of at least 4 members (excludes halogenated alkanes) is 6. The van der Waals surface area contributed by atoms with E-state index in [-0.39, 0.29) is 8.80 Å². The molecule has 0 saturated heterocycles. The fraction of sp³-hybridized carbons (Fsp3) is 0.889. The van der Waals surface area contributed by atoms with Crippen LogP contribution in [0.15, 0.2) is 11.5 Å². The second-order valence-electron chi connectivity index (χ2n) is 6.30. The highest BCUT2D eigenvalue weighted by Crippen LogP contribution is 2.01. The summed E-state index contributed by atoms with van der Waals surface area (Å²) in [5.74, 6) is 1.25. The predicted molar refractivity (Wildman–Crippen MR) is 102 cm³/mol. The molecule has 4 nitrogen and oxygen atoms in total. The van der Waals surface area contributed by atoms with Crippen LogP contribution in [0.5, 0.6) is 0 Å². The zero-order valence-corrected chi connectivity index (χ0v) is 16.9. The van der Waals surface area contributed by atoms with Crippen molar-refractivity contribution in [1.29, 1.82) is 0 Å². The van der Waals surface area contributed by atoms with E-state index in [2.05, 4.69) is 29.4 Å². The van der Waals surface area contributed by atoms with E-state index in [1.54, 1.807) is 14.2 Å². The third-order valence-electron chi connectivity index (χ3n) is 3.61. The number of rotatable bonds is 17. The van der Waals surface area contributed by atoms with E-state index >= 15 is 0 Å². The minimum atomic E-state index is -0.361. The average molecular weight is 344 g/mol. The van der Waals surface area contributed by atoms with Gasteiger partial charge in [0.05, 0.1) is 14.6 Å². The normalized spacial score (nSPS) is 10.8. The summed E-state index contributed by atoms with van der Waals surface area (Å²) < 4.78 is 10.2. The number of methoxy groups -OCH3 is 2. The van der Waals surface area contributed by atoms with Gasteiger partial charge in [-0.15, -0.1) is 0 Å². The van der Waals surface area contributed by atoms with Gasteiger partial charge in [0.25, 0.3) is 0 Å². The standard InChI is InChI=1S/C18H39N2O2Si/c1-21-15-11-7-5-9-13-19-18(17-23(3)4)20-14-10-6-8-12-16-22-2/h17,19-20H,5-16H2,1-4H3. The Kier molecular flexibility index (Phi) is 17.4. The summed E-state index contributed by atoms with van der Waals surface area (Å²) in [6.07, 6.45) is 9.90. The lowest BCUT2D eigenvalue weighted by Gasteiger charge is -2.15. The first-order valence-electron chi connectivity index (χ1n) is 9.18. The summed E-state index contributed by atoms with van der Waals surface area (Å²) in [6.45, 7) is 8.56. The molecule has 0 amide bonds. The summed E-state index contributed by atoms with van der Waals surface area (Å²) in [5.41, 5.74) is 2.39. The maximum atomic E-state index is 5.08. The average Bonchev–Trinajstić information content (AvgIpc) is 2.52. The van der Waals surface area contributed by atoms with E-state index in [9.17, 15) is 0 Å². The quantitative estimate of drug-likeness (QED) is 0.312. The Labute approximate surface area is 146 Å². The molecular weight excluding hydrogens is 304 g/mol. The van der Waals surface area contributed by atoms with Gasteiger partial charge in [0.15, 0.2) is 0 Å². The molecule has 2 N–H and O–H groups in total. The fourth-order valence-corrected chi connectivity index (χ4v) is 3.13. The van der Waals surface area contributed by atoms with Crippen LogP contribution >= 0.6 is 0 Å². The van der Waals surface area contributed by atoms with E-state index in [1.165, 1.54) is 57.2 Å². The van der Waals surface area contributed by atoms with Gasteiger partial charge in [-0.2, -0.15) is 0 Å². The van der Waals surface area contributed by atoms with Crippen LogP contribution in [-0.4, -0.2) is 49.3 Å². The molecule has 0 spiro atoms. The smallest absolute Gasteiger partial charge is 0.0903 e. The highest BCUT2D eigenvalue weighted by Gasteiger charge is 1.99. The Morgan fingerprint density at radius 1 is 0.739 bits per heavy atom. The monoisotopic (exact) mass is 343 g/mol. The number of nitrogens with one attached hydrogen (secondary N) is 2. The molecule has 137 valence electrons. The molecule has 0 bridgehead atoms. The third kappa shape index (κ3) is 17.7.